The maximum Gasteiger partial charge on any atom is 0.307 e. The highest BCUT2D eigenvalue weighted by Gasteiger charge is 2.31. The van der Waals surface area contributed by atoms with Gasteiger partial charge in [0.15, 0.2) is 0 Å². The van der Waals surface area contributed by atoms with E-state index in [4.69, 9.17) is 9.84 Å². The lowest BCUT2D eigenvalue weighted by molar-refractivity contribution is -0.141. The molecule has 1 saturated heterocycles. The molecule has 1 heterocycles. The first-order valence-corrected chi connectivity index (χ1v) is 6.92. The first kappa shape index (κ1) is 12.5. The van der Waals surface area contributed by atoms with Gasteiger partial charge < -0.3 is 15.2 Å². The number of carboxylic acid groups (broad SMARTS) is 1. The standard InChI is InChI=1S/C15H19NO3/c17-15(18)11-7-13(16-8-11)12-3-1-2-4-14(12)19-9-10-5-6-10/h1-4,10-11,13,16H,5-9H2,(H,17,18). The van der Waals surface area contributed by atoms with Crippen molar-refractivity contribution < 1.29 is 14.6 Å². The summed E-state index contributed by atoms with van der Waals surface area (Å²) in [5.41, 5.74) is 1.09. The van der Waals surface area contributed by atoms with Gasteiger partial charge in [0, 0.05) is 18.2 Å². The number of nitrogens with one attached hydrogen (secondary N) is 1. The number of ether oxygens (including phenoxy) is 1. The van der Waals surface area contributed by atoms with Crippen LogP contribution in [0.25, 0.3) is 0 Å². The summed E-state index contributed by atoms with van der Waals surface area (Å²) in [5.74, 6) is 0.613. The van der Waals surface area contributed by atoms with Crippen LogP contribution in [0, 0.1) is 11.8 Å². The summed E-state index contributed by atoms with van der Waals surface area (Å²) in [6.45, 7) is 1.32. The van der Waals surface area contributed by atoms with Crippen LogP contribution in [0.5, 0.6) is 5.75 Å². The van der Waals surface area contributed by atoms with Crippen molar-refractivity contribution >= 4 is 5.97 Å². The molecule has 1 aliphatic carbocycles. The summed E-state index contributed by atoms with van der Waals surface area (Å²) < 4.78 is 5.88. The highest BCUT2D eigenvalue weighted by Crippen LogP contribution is 2.35. The summed E-state index contributed by atoms with van der Waals surface area (Å²) in [5, 5.41) is 12.3. The molecule has 3 rings (SSSR count). The number of hydrogen-bond acceptors (Lipinski definition) is 3. The summed E-state index contributed by atoms with van der Waals surface area (Å²) >= 11 is 0. The van der Waals surface area contributed by atoms with Crippen molar-refractivity contribution in [1.29, 1.82) is 0 Å². The van der Waals surface area contributed by atoms with Crippen molar-refractivity contribution in [3.05, 3.63) is 29.8 Å². The van der Waals surface area contributed by atoms with E-state index in [2.05, 4.69) is 5.32 Å². The zero-order valence-electron chi connectivity index (χ0n) is 10.8. The predicted octanol–water partition coefficient (Wildman–Crippen LogP) is 2.21. The number of aliphatic carboxylic acids is 1. The molecule has 2 fully saturated rings. The van der Waals surface area contributed by atoms with Gasteiger partial charge in [-0.05, 0) is 31.2 Å². The first-order chi connectivity index (χ1) is 9.24. The third-order valence-electron chi connectivity index (χ3n) is 3.95. The minimum Gasteiger partial charge on any atom is -0.493 e. The van der Waals surface area contributed by atoms with E-state index >= 15 is 0 Å². The van der Waals surface area contributed by atoms with Crippen molar-refractivity contribution in [3.8, 4) is 5.75 Å². The second kappa shape index (κ2) is 5.21. The molecule has 2 aliphatic rings. The fourth-order valence-corrected chi connectivity index (χ4v) is 2.55. The monoisotopic (exact) mass is 261 g/mol. The van der Waals surface area contributed by atoms with Gasteiger partial charge in [-0.3, -0.25) is 4.79 Å². The topological polar surface area (TPSA) is 58.6 Å². The Bertz CT molecular complexity index is 470. The molecule has 1 saturated carbocycles. The van der Waals surface area contributed by atoms with Gasteiger partial charge in [0.05, 0.1) is 12.5 Å². The van der Waals surface area contributed by atoms with E-state index in [9.17, 15) is 4.79 Å². The lowest BCUT2D eigenvalue weighted by atomic mass is 9.99. The summed E-state index contributed by atoms with van der Waals surface area (Å²) in [4.78, 5) is 11.0. The van der Waals surface area contributed by atoms with Crippen LogP contribution in [-0.4, -0.2) is 24.2 Å². The highest BCUT2D eigenvalue weighted by molar-refractivity contribution is 5.70. The van der Waals surface area contributed by atoms with Gasteiger partial charge in [-0.15, -0.1) is 0 Å². The Morgan fingerprint density at radius 1 is 1.37 bits per heavy atom. The molecule has 0 bridgehead atoms. The quantitative estimate of drug-likeness (QED) is 0.853. The molecule has 0 aromatic heterocycles. The number of benzene rings is 1. The second-order valence-corrected chi connectivity index (χ2v) is 5.52. The molecule has 1 aromatic rings. The number of hydrogen-bond donors (Lipinski definition) is 2. The van der Waals surface area contributed by atoms with Gasteiger partial charge in [-0.25, -0.2) is 0 Å². The van der Waals surface area contributed by atoms with Crippen LogP contribution in [0.2, 0.25) is 0 Å². The number of carbonyl (C=O) groups is 1. The van der Waals surface area contributed by atoms with Gasteiger partial charge in [0.2, 0.25) is 0 Å². The Hall–Kier alpha value is -1.55. The maximum absolute atomic E-state index is 11.0. The average molecular weight is 261 g/mol. The molecule has 102 valence electrons. The first-order valence-electron chi connectivity index (χ1n) is 6.92. The fourth-order valence-electron chi connectivity index (χ4n) is 2.55. The molecule has 19 heavy (non-hydrogen) atoms. The zero-order chi connectivity index (χ0) is 13.2. The van der Waals surface area contributed by atoms with E-state index in [0.717, 1.165) is 23.8 Å². The lowest BCUT2D eigenvalue weighted by Crippen LogP contribution is -2.17. The minimum absolute atomic E-state index is 0.0940. The van der Waals surface area contributed by atoms with Gasteiger partial charge >= 0.3 is 5.97 Å². The number of rotatable bonds is 5. The van der Waals surface area contributed by atoms with Crippen LogP contribution in [0.4, 0.5) is 0 Å². The Morgan fingerprint density at radius 2 is 2.16 bits per heavy atom. The van der Waals surface area contributed by atoms with Crippen molar-refractivity contribution in [3.63, 3.8) is 0 Å². The Kier molecular flexibility index (Phi) is 3.42. The number of carboxylic acids is 1. The van der Waals surface area contributed by atoms with Crippen LogP contribution < -0.4 is 10.1 Å². The van der Waals surface area contributed by atoms with Gasteiger partial charge in [-0.2, -0.15) is 0 Å². The van der Waals surface area contributed by atoms with Crippen LogP contribution in [0.1, 0.15) is 30.9 Å². The minimum atomic E-state index is -0.716. The zero-order valence-corrected chi connectivity index (χ0v) is 10.8. The molecule has 0 spiro atoms. The summed E-state index contributed by atoms with van der Waals surface area (Å²) in [6.07, 6.45) is 3.18. The van der Waals surface area contributed by atoms with E-state index in [1.54, 1.807) is 0 Å². The van der Waals surface area contributed by atoms with Crippen molar-refractivity contribution in [2.75, 3.05) is 13.2 Å². The molecular formula is C15H19NO3. The molecule has 1 aromatic carbocycles. The van der Waals surface area contributed by atoms with Gasteiger partial charge in [0.25, 0.3) is 0 Å². The van der Waals surface area contributed by atoms with Crippen molar-refractivity contribution in [1.82, 2.24) is 5.32 Å². The molecule has 4 nitrogen and oxygen atoms in total. The predicted molar refractivity (Wildman–Crippen MR) is 71.1 cm³/mol. The summed E-state index contributed by atoms with van der Waals surface area (Å²) in [7, 11) is 0. The Labute approximate surface area is 112 Å². The van der Waals surface area contributed by atoms with E-state index < -0.39 is 5.97 Å². The van der Waals surface area contributed by atoms with E-state index in [-0.39, 0.29) is 12.0 Å². The van der Waals surface area contributed by atoms with Gasteiger partial charge in [-0.1, -0.05) is 18.2 Å². The maximum atomic E-state index is 11.0. The van der Waals surface area contributed by atoms with E-state index in [1.165, 1.54) is 12.8 Å². The highest BCUT2D eigenvalue weighted by atomic mass is 16.5. The molecule has 2 atom stereocenters. The van der Waals surface area contributed by atoms with Crippen molar-refractivity contribution in [2.45, 2.75) is 25.3 Å². The molecule has 2 N–H and O–H groups in total. The average Bonchev–Trinajstić information content (AvgIpc) is 3.11. The fraction of sp³-hybridized carbons (Fsp3) is 0.533. The third kappa shape index (κ3) is 2.89. The largest absolute Gasteiger partial charge is 0.493 e. The normalized spacial score (nSPS) is 26.3. The molecular weight excluding hydrogens is 242 g/mol. The van der Waals surface area contributed by atoms with Crippen LogP contribution in [-0.2, 0) is 4.79 Å². The van der Waals surface area contributed by atoms with Crippen LogP contribution in [0.3, 0.4) is 0 Å². The van der Waals surface area contributed by atoms with E-state index in [0.29, 0.717) is 13.0 Å². The Morgan fingerprint density at radius 3 is 2.84 bits per heavy atom. The molecule has 0 amide bonds. The summed E-state index contributed by atoms with van der Waals surface area (Å²) in [6, 6.07) is 8.05. The van der Waals surface area contributed by atoms with Crippen LogP contribution >= 0.6 is 0 Å². The van der Waals surface area contributed by atoms with Crippen molar-refractivity contribution in [2.24, 2.45) is 11.8 Å². The second-order valence-electron chi connectivity index (χ2n) is 5.52. The van der Waals surface area contributed by atoms with Gasteiger partial charge in [0.1, 0.15) is 5.75 Å². The van der Waals surface area contributed by atoms with Crippen LogP contribution in [0.15, 0.2) is 24.3 Å². The molecule has 0 radical (unpaired) electrons. The molecule has 1 aliphatic heterocycles. The Balaban J connectivity index is 1.70. The third-order valence-corrected chi connectivity index (χ3v) is 3.95. The molecule has 4 heteroatoms. The molecule has 2 unspecified atom stereocenters. The number of para-hydroxylation sites is 1. The SMILES string of the molecule is O=C(O)C1CNC(c2ccccc2OCC2CC2)C1. The lowest BCUT2D eigenvalue weighted by Gasteiger charge is -2.16. The van der Waals surface area contributed by atoms with E-state index in [1.807, 2.05) is 24.3 Å². The smallest absolute Gasteiger partial charge is 0.307 e.